The van der Waals surface area contributed by atoms with Crippen LogP contribution in [0.3, 0.4) is 0 Å². The molecule has 1 heterocycles. The Kier molecular flexibility index (Phi) is 4.63. The zero-order valence-corrected chi connectivity index (χ0v) is 13.0. The van der Waals surface area contributed by atoms with E-state index in [4.69, 9.17) is 9.47 Å². The van der Waals surface area contributed by atoms with Gasteiger partial charge in [0, 0.05) is 29.8 Å². The highest BCUT2D eigenvalue weighted by atomic mass is 32.2. The van der Waals surface area contributed by atoms with Gasteiger partial charge in [-0.1, -0.05) is 6.07 Å². The van der Waals surface area contributed by atoms with E-state index in [1.54, 1.807) is 11.8 Å². The van der Waals surface area contributed by atoms with Gasteiger partial charge in [-0.2, -0.15) is 11.8 Å². The van der Waals surface area contributed by atoms with E-state index in [0.717, 1.165) is 30.3 Å². The van der Waals surface area contributed by atoms with Crippen molar-refractivity contribution in [1.29, 1.82) is 0 Å². The fraction of sp³-hybridized carbons (Fsp3) is 0.600. The van der Waals surface area contributed by atoms with E-state index in [9.17, 15) is 0 Å². The Balaban J connectivity index is 2.18. The van der Waals surface area contributed by atoms with Crippen LogP contribution in [0.2, 0.25) is 0 Å². The summed E-state index contributed by atoms with van der Waals surface area (Å²) in [5, 5.41) is 3.36. The number of thioether (sulfide) groups is 1. The molecule has 1 aromatic rings. The Bertz CT molecular complexity index is 434. The van der Waals surface area contributed by atoms with Gasteiger partial charge in [0.05, 0.1) is 6.61 Å². The van der Waals surface area contributed by atoms with Gasteiger partial charge in [0.2, 0.25) is 0 Å². The first-order valence-electron chi connectivity index (χ1n) is 6.68. The van der Waals surface area contributed by atoms with Crippen molar-refractivity contribution in [3.05, 3.63) is 23.8 Å². The molecule has 106 valence electrons. The van der Waals surface area contributed by atoms with Gasteiger partial charge < -0.3 is 14.8 Å². The predicted octanol–water partition coefficient (Wildman–Crippen LogP) is 3.25. The maximum Gasteiger partial charge on any atom is 0.128 e. The molecule has 0 bridgehead atoms. The monoisotopic (exact) mass is 281 g/mol. The lowest BCUT2D eigenvalue weighted by Crippen LogP contribution is -2.38. The Morgan fingerprint density at radius 3 is 2.95 bits per heavy atom. The molecule has 0 aliphatic carbocycles. The van der Waals surface area contributed by atoms with E-state index in [-0.39, 0.29) is 5.60 Å². The van der Waals surface area contributed by atoms with Crippen LogP contribution < -0.4 is 14.8 Å². The third-order valence-corrected chi connectivity index (χ3v) is 3.92. The molecule has 0 fully saturated rings. The lowest BCUT2D eigenvalue weighted by Gasteiger charge is -2.37. The van der Waals surface area contributed by atoms with E-state index >= 15 is 0 Å². The molecule has 0 amide bonds. The number of rotatable bonds is 5. The topological polar surface area (TPSA) is 30.5 Å². The molecule has 1 aromatic carbocycles. The molecule has 2 rings (SSSR count). The summed E-state index contributed by atoms with van der Waals surface area (Å²) in [5.74, 6) is 2.83. The largest absolute Gasteiger partial charge is 0.493 e. The van der Waals surface area contributed by atoms with Crippen LogP contribution in [0.5, 0.6) is 11.5 Å². The van der Waals surface area contributed by atoms with Gasteiger partial charge in [0.25, 0.3) is 0 Å². The third-order valence-electron chi connectivity index (χ3n) is 3.35. The first kappa shape index (κ1) is 14.5. The number of ether oxygens (including phenoxy) is 2. The van der Waals surface area contributed by atoms with Crippen molar-refractivity contribution in [2.75, 3.05) is 25.7 Å². The van der Waals surface area contributed by atoms with Gasteiger partial charge in [-0.05, 0) is 33.2 Å². The third kappa shape index (κ3) is 3.57. The van der Waals surface area contributed by atoms with Gasteiger partial charge in [0.15, 0.2) is 0 Å². The number of benzene rings is 1. The van der Waals surface area contributed by atoms with Gasteiger partial charge in [-0.3, -0.25) is 0 Å². The molecular weight excluding hydrogens is 258 g/mol. The van der Waals surface area contributed by atoms with Crippen molar-refractivity contribution in [3.8, 4) is 11.5 Å². The van der Waals surface area contributed by atoms with Gasteiger partial charge >= 0.3 is 0 Å². The van der Waals surface area contributed by atoms with E-state index in [1.165, 1.54) is 5.56 Å². The van der Waals surface area contributed by atoms with Crippen LogP contribution in [0.1, 0.15) is 31.9 Å². The average Bonchev–Trinajstić information content (AvgIpc) is 2.36. The number of hydrogen-bond acceptors (Lipinski definition) is 4. The Labute approximate surface area is 120 Å². The maximum absolute atomic E-state index is 6.07. The van der Waals surface area contributed by atoms with Crippen molar-refractivity contribution in [2.45, 2.75) is 31.9 Å². The molecule has 1 aliphatic rings. The maximum atomic E-state index is 6.07. The van der Waals surface area contributed by atoms with Crippen molar-refractivity contribution in [1.82, 2.24) is 5.32 Å². The van der Waals surface area contributed by atoms with Crippen LogP contribution in [0, 0.1) is 0 Å². The normalized spacial score (nSPS) is 20.5. The molecule has 1 N–H and O–H groups in total. The minimum Gasteiger partial charge on any atom is -0.493 e. The lowest BCUT2D eigenvalue weighted by atomic mass is 9.90. The van der Waals surface area contributed by atoms with Crippen LogP contribution in [0.15, 0.2) is 18.2 Å². The molecule has 0 spiro atoms. The summed E-state index contributed by atoms with van der Waals surface area (Å²) in [7, 11) is 2.00. The molecule has 0 saturated heterocycles. The summed E-state index contributed by atoms with van der Waals surface area (Å²) in [4.78, 5) is 0. The molecule has 1 unspecified atom stereocenters. The fourth-order valence-corrected chi connectivity index (χ4v) is 2.67. The average molecular weight is 281 g/mol. The van der Waals surface area contributed by atoms with Crippen LogP contribution in [0.25, 0.3) is 0 Å². The van der Waals surface area contributed by atoms with Crippen molar-refractivity contribution >= 4 is 11.8 Å². The summed E-state index contributed by atoms with van der Waals surface area (Å²) in [5.41, 5.74) is 1.08. The Morgan fingerprint density at radius 2 is 2.26 bits per heavy atom. The molecule has 1 atom stereocenters. The molecule has 19 heavy (non-hydrogen) atoms. The number of fused-ring (bicyclic) bond motifs is 1. The molecular formula is C15H23NO2S. The highest BCUT2D eigenvalue weighted by molar-refractivity contribution is 7.98. The summed E-state index contributed by atoms with van der Waals surface area (Å²) in [6, 6.07) is 6.51. The first-order chi connectivity index (χ1) is 9.05. The fourth-order valence-electron chi connectivity index (χ4n) is 2.42. The van der Waals surface area contributed by atoms with Gasteiger partial charge in [-0.15, -0.1) is 0 Å². The smallest absolute Gasteiger partial charge is 0.128 e. The van der Waals surface area contributed by atoms with E-state index in [2.05, 4.69) is 31.5 Å². The summed E-state index contributed by atoms with van der Waals surface area (Å²) >= 11 is 1.79. The number of hydrogen-bond donors (Lipinski definition) is 1. The predicted molar refractivity (Wildman–Crippen MR) is 81.4 cm³/mol. The molecule has 0 saturated carbocycles. The van der Waals surface area contributed by atoms with Crippen LogP contribution in [-0.2, 0) is 0 Å². The SMILES string of the molecule is CNC1CC(C)(C)Oc2cc(OCCSC)ccc21. The molecule has 0 radical (unpaired) electrons. The Hall–Kier alpha value is -0.870. The van der Waals surface area contributed by atoms with Crippen LogP contribution >= 0.6 is 11.8 Å². The van der Waals surface area contributed by atoms with Gasteiger partial charge in [0.1, 0.15) is 17.1 Å². The lowest BCUT2D eigenvalue weighted by molar-refractivity contribution is 0.0671. The second-order valence-electron chi connectivity index (χ2n) is 5.45. The van der Waals surface area contributed by atoms with Crippen LogP contribution in [-0.4, -0.2) is 31.3 Å². The van der Waals surface area contributed by atoms with Crippen molar-refractivity contribution in [3.63, 3.8) is 0 Å². The summed E-state index contributed by atoms with van der Waals surface area (Å²) in [6.07, 6.45) is 3.06. The zero-order chi connectivity index (χ0) is 13.9. The quantitative estimate of drug-likeness (QED) is 0.839. The molecule has 0 aromatic heterocycles. The molecule has 1 aliphatic heterocycles. The van der Waals surface area contributed by atoms with Crippen LogP contribution in [0.4, 0.5) is 0 Å². The summed E-state index contributed by atoms with van der Waals surface area (Å²) < 4.78 is 11.8. The number of nitrogens with one attached hydrogen (secondary N) is 1. The summed E-state index contributed by atoms with van der Waals surface area (Å²) in [6.45, 7) is 4.99. The highest BCUT2D eigenvalue weighted by Crippen LogP contribution is 2.40. The standard InChI is InChI=1S/C15H23NO2S/c1-15(2)10-13(16-3)12-6-5-11(9-14(12)18-15)17-7-8-19-4/h5-6,9,13,16H,7-8,10H2,1-4H3. The van der Waals surface area contributed by atoms with E-state index in [1.807, 2.05) is 19.2 Å². The minimum absolute atomic E-state index is 0.140. The van der Waals surface area contributed by atoms with Gasteiger partial charge in [-0.25, -0.2) is 0 Å². The Morgan fingerprint density at radius 1 is 1.47 bits per heavy atom. The highest BCUT2D eigenvalue weighted by Gasteiger charge is 2.33. The first-order valence-corrected chi connectivity index (χ1v) is 8.07. The van der Waals surface area contributed by atoms with E-state index in [0.29, 0.717) is 6.04 Å². The van der Waals surface area contributed by atoms with E-state index < -0.39 is 0 Å². The van der Waals surface area contributed by atoms with Crippen molar-refractivity contribution in [2.24, 2.45) is 0 Å². The van der Waals surface area contributed by atoms with Crippen molar-refractivity contribution < 1.29 is 9.47 Å². The molecule has 3 nitrogen and oxygen atoms in total. The second-order valence-corrected chi connectivity index (χ2v) is 6.43. The zero-order valence-electron chi connectivity index (χ0n) is 12.2. The molecule has 4 heteroatoms. The minimum atomic E-state index is -0.140. The second kappa shape index (κ2) is 6.06.